The summed E-state index contributed by atoms with van der Waals surface area (Å²) >= 11 is 0. The first kappa shape index (κ1) is 15.2. The molecular formula is C15H27N3. The Morgan fingerprint density at radius 2 is 1.83 bits per heavy atom. The Morgan fingerprint density at radius 3 is 2.33 bits per heavy atom. The molecule has 2 unspecified atom stereocenters. The SMILES string of the molecule is CCC(C)c1ccc(CN(C)CC(N)CN)cc1. The number of nitrogens with zero attached hydrogens (tertiary/aromatic N) is 1. The van der Waals surface area contributed by atoms with Gasteiger partial charge in [-0.25, -0.2) is 0 Å². The molecule has 0 heterocycles. The molecule has 4 N–H and O–H groups in total. The van der Waals surface area contributed by atoms with Crippen LogP contribution in [-0.4, -0.2) is 31.1 Å². The van der Waals surface area contributed by atoms with Gasteiger partial charge >= 0.3 is 0 Å². The van der Waals surface area contributed by atoms with E-state index >= 15 is 0 Å². The van der Waals surface area contributed by atoms with Gasteiger partial charge in [-0.15, -0.1) is 0 Å². The van der Waals surface area contributed by atoms with Gasteiger partial charge in [-0.2, -0.15) is 0 Å². The fourth-order valence-electron chi connectivity index (χ4n) is 2.04. The van der Waals surface area contributed by atoms with Crippen molar-refractivity contribution in [3.8, 4) is 0 Å². The van der Waals surface area contributed by atoms with Crippen LogP contribution in [0.3, 0.4) is 0 Å². The molecule has 2 atom stereocenters. The Hall–Kier alpha value is -0.900. The van der Waals surface area contributed by atoms with Crippen molar-refractivity contribution in [2.24, 2.45) is 11.5 Å². The summed E-state index contributed by atoms with van der Waals surface area (Å²) < 4.78 is 0. The minimum Gasteiger partial charge on any atom is -0.329 e. The molecule has 102 valence electrons. The topological polar surface area (TPSA) is 55.3 Å². The minimum atomic E-state index is 0.0642. The molecule has 0 saturated carbocycles. The molecule has 0 amide bonds. The standard InChI is InChI=1S/C15H27N3/c1-4-12(2)14-7-5-13(6-8-14)10-18(3)11-15(17)9-16/h5-8,12,15H,4,9-11,16-17H2,1-3H3. The maximum Gasteiger partial charge on any atom is 0.0292 e. The zero-order chi connectivity index (χ0) is 13.5. The lowest BCUT2D eigenvalue weighted by atomic mass is 9.97. The predicted molar refractivity (Wildman–Crippen MR) is 78.5 cm³/mol. The monoisotopic (exact) mass is 249 g/mol. The molecule has 1 rings (SSSR count). The van der Waals surface area contributed by atoms with Crippen LogP contribution in [0.2, 0.25) is 0 Å². The fraction of sp³-hybridized carbons (Fsp3) is 0.600. The van der Waals surface area contributed by atoms with E-state index < -0.39 is 0 Å². The molecule has 0 aromatic heterocycles. The molecule has 0 spiro atoms. The van der Waals surface area contributed by atoms with Crippen LogP contribution in [-0.2, 0) is 6.54 Å². The summed E-state index contributed by atoms with van der Waals surface area (Å²) in [4.78, 5) is 2.22. The van der Waals surface area contributed by atoms with Gasteiger partial charge in [0.25, 0.3) is 0 Å². The summed E-state index contributed by atoms with van der Waals surface area (Å²) in [5, 5.41) is 0. The van der Waals surface area contributed by atoms with E-state index in [9.17, 15) is 0 Å². The van der Waals surface area contributed by atoms with Crippen LogP contribution in [0.5, 0.6) is 0 Å². The lowest BCUT2D eigenvalue weighted by Gasteiger charge is -2.20. The van der Waals surface area contributed by atoms with Crippen LogP contribution < -0.4 is 11.5 Å². The molecule has 0 saturated heterocycles. The summed E-state index contributed by atoms with van der Waals surface area (Å²) in [6.07, 6.45) is 1.19. The van der Waals surface area contributed by atoms with Crippen LogP contribution in [0.25, 0.3) is 0 Å². The highest BCUT2D eigenvalue weighted by atomic mass is 15.1. The first-order valence-corrected chi connectivity index (χ1v) is 6.79. The van der Waals surface area contributed by atoms with Crippen LogP contribution in [0.15, 0.2) is 24.3 Å². The molecule has 0 aliphatic carbocycles. The lowest BCUT2D eigenvalue weighted by molar-refractivity contribution is 0.305. The third kappa shape index (κ3) is 4.77. The molecule has 18 heavy (non-hydrogen) atoms. The van der Waals surface area contributed by atoms with Crippen molar-refractivity contribution in [2.75, 3.05) is 20.1 Å². The van der Waals surface area contributed by atoms with E-state index in [1.807, 2.05) is 0 Å². The molecule has 0 fully saturated rings. The third-order valence-corrected chi connectivity index (χ3v) is 3.46. The number of hydrogen-bond acceptors (Lipinski definition) is 3. The summed E-state index contributed by atoms with van der Waals surface area (Å²) in [6.45, 7) is 6.79. The molecule has 1 aromatic rings. The highest BCUT2D eigenvalue weighted by Gasteiger charge is 2.06. The van der Waals surface area contributed by atoms with E-state index in [1.54, 1.807) is 0 Å². The second kappa shape index (κ2) is 7.52. The van der Waals surface area contributed by atoms with Crippen LogP contribution >= 0.6 is 0 Å². The van der Waals surface area contributed by atoms with Crippen molar-refractivity contribution in [1.82, 2.24) is 4.90 Å². The molecule has 3 heteroatoms. The van der Waals surface area contributed by atoms with E-state index in [0.29, 0.717) is 12.5 Å². The second-order valence-corrected chi connectivity index (χ2v) is 5.24. The van der Waals surface area contributed by atoms with Gasteiger partial charge in [0.15, 0.2) is 0 Å². The maximum absolute atomic E-state index is 5.84. The van der Waals surface area contributed by atoms with Crippen molar-refractivity contribution in [3.63, 3.8) is 0 Å². The number of hydrogen-bond donors (Lipinski definition) is 2. The van der Waals surface area contributed by atoms with Gasteiger partial charge in [-0.1, -0.05) is 38.1 Å². The van der Waals surface area contributed by atoms with E-state index in [1.165, 1.54) is 17.5 Å². The Kier molecular flexibility index (Phi) is 6.33. The molecular weight excluding hydrogens is 222 g/mol. The molecule has 1 aromatic carbocycles. The quantitative estimate of drug-likeness (QED) is 0.776. The summed E-state index contributed by atoms with van der Waals surface area (Å²) in [5.74, 6) is 0.641. The molecule has 3 nitrogen and oxygen atoms in total. The van der Waals surface area contributed by atoms with E-state index in [4.69, 9.17) is 11.5 Å². The molecule has 0 aliphatic rings. The van der Waals surface area contributed by atoms with Crippen LogP contribution in [0.1, 0.15) is 37.3 Å². The largest absolute Gasteiger partial charge is 0.329 e. The van der Waals surface area contributed by atoms with Gasteiger partial charge < -0.3 is 16.4 Å². The molecule has 0 aliphatic heterocycles. The smallest absolute Gasteiger partial charge is 0.0292 e. The number of rotatable bonds is 7. The van der Waals surface area contributed by atoms with Crippen molar-refractivity contribution >= 4 is 0 Å². The first-order valence-electron chi connectivity index (χ1n) is 6.79. The molecule has 0 bridgehead atoms. The normalized spacial score (nSPS) is 14.8. The lowest BCUT2D eigenvalue weighted by Crippen LogP contribution is -2.40. The minimum absolute atomic E-state index is 0.0642. The van der Waals surface area contributed by atoms with Gasteiger partial charge in [0, 0.05) is 25.7 Å². The van der Waals surface area contributed by atoms with E-state index in [-0.39, 0.29) is 6.04 Å². The van der Waals surface area contributed by atoms with Gasteiger partial charge in [-0.05, 0) is 30.5 Å². The third-order valence-electron chi connectivity index (χ3n) is 3.46. The Morgan fingerprint density at radius 1 is 1.22 bits per heavy atom. The second-order valence-electron chi connectivity index (χ2n) is 5.24. The Balaban J connectivity index is 2.53. The fourth-order valence-corrected chi connectivity index (χ4v) is 2.04. The van der Waals surface area contributed by atoms with E-state index in [2.05, 4.69) is 50.1 Å². The predicted octanol–water partition coefficient (Wildman–Crippen LogP) is 1.92. The Bertz CT molecular complexity index is 334. The highest BCUT2D eigenvalue weighted by Crippen LogP contribution is 2.19. The molecule has 0 radical (unpaired) electrons. The van der Waals surface area contributed by atoms with Crippen molar-refractivity contribution in [1.29, 1.82) is 0 Å². The van der Waals surface area contributed by atoms with Gasteiger partial charge in [0.1, 0.15) is 0 Å². The summed E-state index contributed by atoms with van der Waals surface area (Å²) in [6, 6.07) is 8.97. The van der Waals surface area contributed by atoms with E-state index in [0.717, 1.165) is 13.1 Å². The Labute approximate surface area is 111 Å². The average Bonchev–Trinajstić information content (AvgIpc) is 2.38. The summed E-state index contributed by atoms with van der Waals surface area (Å²) in [5.41, 5.74) is 14.1. The van der Waals surface area contributed by atoms with Crippen LogP contribution in [0.4, 0.5) is 0 Å². The van der Waals surface area contributed by atoms with Gasteiger partial charge in [0.2, 0.25) is 0 Å². The highest BCUT2D eigenvalue weighted by molar-refractivity contribution is 5.24. The first-order chi connectivity index (χ1) is 8.56. The summed E-state index contributed by atoms with van der Waals surface area (Å²) in [7, 11) is 2.08. The maximum atomic E-state index is 5.84. The van der Waals surface area contributed by atoms with Crippen LogP contribution in [0, 0.1) is 0 Å². The van der Waals surface area contributed by atoms with Crippen molar-refractivity contribution < 1.29 is 0 Å². The van der Waals surface area contributed by atoms with Gasteiger partial charge in [-0.3, -0.25) is 0 Å². The average molecular weight is 249 g/mol. The number of benzene rings is 1. The van der Waals surface area contributed by atoms with Gasteiger partial charge in [0.05, 0.1) is 0 Å². The van der Waals surface area contributed by atoms with Crippen molar-refractivity contribution in [3.05, 3.63) is 35.4 Å². The number of likely N-dealkylation sites (N-methyl/N-ethyl adjacent to an activating group) is 1. The zero-order valence-electron chi connectivity index (χ0n) is 11.9. The number of nitrogens with two attached hydrogens (primary N) is 2. The zero-order valence-corrected chi connectivity index (χ0v) is 11.9. The van der Waals surface area contributed by atoms with Crippen molar-refractivity contribution in [2.45, 2.75) is 38.8 Å².